The van der Waals surface area contributed by atoms with Gasteiger partial charge in [0.2, 0.25) is 11.8 Å². The van der Waals surface area contributed by atoms with Crippen LogP contribution in [0.2, 0.25) is 0 Å². The van der Waals surface area contributed by atoms with Crippen LogP contribution < -0.4 is 5.32 Å². The average Bonchev–Trinajstić information content (AvgIpc) is 3.28. The van der Waals surface area contributed by atoms with Gasteiger partial charge in [-0.05, 0) is 37.9 Å². The summed E-state index contributed by atoms with van der Waals surface area (Å²) in [6.07, 6.45) is 3.91. The minimum Gasteiger partial charge on any atom is -0.352 e. The number of hydrogen-bond acceptors (Lipinski definition) is 4. The number of benzene rings is 1. The highest BCUT2D eigenvalue weighted by atomic mass is 16.2. The summed E-state index contributed by atoms with van der Waals surface area (Å²) in [5, 5.41) is 7.18. The summed E-state index contributed by atoms with van der Waals surface area (Å²) in [4.78, 5) is 28.3. The fourth-order valence-corrected chi connectivity index (χ4v) is 3.05. The predicted octanol–water partition coefficient (Wildman–Crippen LogP) is 0.899. The Morgan fingerprint density at radius 3 is 2.92 bits per heavy atom. The second kappa shape index (κ2) is 8.14. The lowest BCUT2D eigenvalue weighted by molar-refractivity contribution is -0.129. The zero-order chi connectivity index (χ0) is 18.5. The van der Waals surface area contributed by atoms with Crippen LogP contribution in [0.15, 0.2) is 42.7 Å². The van der Waals surface area contributed by atoms with Gasteiger partial charge in [0.25, 0.3) is 0 Å². The van der Waals surface area contributed by atoms with Crippen LogP contribution in [-0.2, 0) is 16.1 Å². The molecule has 0 radical (unpaired) electrons. The fraction of sp³-hybridized carbons (Fsp3) is 0.421. The molecule has 1 atom stereocenters. The van der Waals surface area contributed by atoms with Crippen molar-refractivity contribution in [2.45, 2.75) is 13.0 Å². The maximum Gasteiger partial charge on any atom is 0.225 e. The van der Waals surface area contributed by atoms with E-state index in [1.54, 1.807) is 15.8 Å². The highest BCUT2D eigenvalue weighted by Gasteiger charge is 2.33. The van der Waals surface area contributed by atoms with E-state index in [-0.39, 0.29) is 17.7 Å². The number of carbonyl (C=O) groups excluding carboxylic acids is 2. The minimum atomic E-state index is -0.265. The molecule has 138 valence electrons. The monoisotopic (exact) mass is 355 g/mol. The second-order valence-corrected chi connectivity index (χ2v) is 6.88. The maximum absolute atomic E-state index is 12.4. The largest absolute Gasteiger partial charge is 0.352 e. The number of aromatic nitrogens is 2. The Balaban J connectivity index is 1.53. The highest BCUT2D eigenvalue weighted by Crippen LogP contribution is 2.18. The molecule has 2 amide bonds. The zero-order valence-corrected chi connectivity index (χ0v) is 15.3. The summed E-state index contributed by atoms with van der Waals surface area (Å²) in [7, 11) is 3.95. The van der Waals surface area contributed by atoms with Crippen molar-refractivity contribution in [1.82, 2.24) is 24.9 Å². The molecule has 26 heavy (non-hydrogen) atoms. The van der Waals surface area contributed by atoms with Crippen molar-refractivity contribution in [3.05, 3.63) is 48.3 Å². The van der Waals surface area contributed by atoms with E-state index >= 15 is 0 Å². The first-order valence-corrected chi connectivity index (χ1v) is 8.82. The summed E-state index contributed by atoms with van der Waals surface area (Å²) in [5.74, 6) is -0.262. The molecule has 3 rings (SSSR count). The first kappa shape index (κ1) is 18.1. The van der Waals surface area contributed by atoms with Gasteiger partial charge in [0.1, 0.15) is 0 Å². The third-order valence-corrected chi connectivity index (χ3v) is 4.55. The molecule has 0 unspecified atom stereocenters. The quantitative estimate of drug-likeness (QED) is 0.801. The summed E-state index contributed by atoms with van der Waals surface area (Å²) in [6.45, 7) is 2.42. The Bertz CT molecular complexity index is 757. The third-order valence-electron chi connectivity index (χ3n) is 4.55. The molecule has 1 aliphatic heterocycles. The van der Waals surface area contributed by atoms with Crippen LogP contribution in [0.5, 0.6) is 0 Å². The Hall–Kier alpha value is -2.67. The van der Waals surface area contributed by atoms with Crippen LogP contribution in [0, 0.1) is 5.92 Å². The van der Waals surface area contributed by atoms with Gasteiger partial charge >= 0.3 is 0 Å². The number of likely N-dealkylation sites (N-methyl/N-ethyl adjacent to an activating group) is 1. The van der Waals surface area contributed by atoms with Gasteiger partial charge in [-0.25, -0.2) is 4.68 Å². The van der Waals surface area contributed by atoms with Gasteiger partial charge in [-0.1, -0.05) is 12.1 Å². The second-order valence-electron chi connectivity index (χ2n) is 6.88. The number of hydrogen-bond donors (Lipinski definition) is 1. The number of nitrogens with one attached hydrogen (secondary N) is 1. The van der Waals surface area contributed by atoms with Crippen LogP contribution in [0.3, 0.4) is 0 Å². The van der Waals surface area contributed by atoms with Gasteiger partial charge in [-0.15, -0.1) is 0 Å². The zero-order valence-electron chi connectivity index (χ0n) is 15.3. The summed E-state index contributed by atoms with van der Waals surface area (Å²) in [5.41, 5.74) is 1.95. The molecule has 1 N–H and O–H groups in total. The van der Waals surface area contributed by atoms with Gasteiger partial charge < -0.3 is 15.1 Å². The van der Waals surface area contributed by atoms with E-state index in [0.29, 0.717) is 26.1 Å². The molecule has 1 aromatic heterocycles. The van der Waals surface area contributed by atoms with Gasteiger partial charge in [-0.3, -0.25) is 9.59 Å². The van der Waals surface area contributed by atoms with Crippen molar-refractivity contribution in [1.29, 1.82) is 0 Å². The number of carbonyl (C=O) groups is 2. The first-order chi connectivity index (χ1) is 12.5. The molecule has 2 aromatic rings. The van der Waals surface area contributed by atoms with Crippen molar-refractivity contribution in [2.24, 2.45) is 5.92 Å². The molecule has 0 aliphatic carbocycles. The molecular weight excluding hydrogens is 330 g/mol. The highest BCUT2D eigenvalue weighted by molar-refractivity contribution is 5.89. The standard InChI is InChI=1S/C19H25N5O2/c1-22(2)9-10-23-14-16(12-18(23)25)19(26)20-13-15-5-3-6-17(11-15)24-8-4-7-21-24/h3-8,11,16H,9-10,12-14H2,1-2H3,(H,20,26)/t16-/m1/s1. The third kappa shape index (κ3) is 4.49. The SMILES string of the molecule is CN(C)CCN1C[C@H](C(=O)NCc2cccc(-n3cccn3)c2)CC1=O. The molecule has 1 aromatic carbocycles. The summed E-state index contributed by atoms with van der Waals surface area (Å²) in [6, 6.07) is 9.75. The van der Waals surface area contributed by atoms with E-state index in [1.165, 1.54) is 0 Å². The molecule has 7 nitrogen and oxygen atoms in total. The van der Waals surface area contributed by atoms with E-state index < -0.39 is 0 Å². The molecule has 1 fully saturated rings. The maximum atomic E-state index is 12.4. The number of likely N-dealkylation sites (tertiary alicyclic amines) is 1. The van der Waals surface area contributed by atoms with Crippen LogP contribution in [-0.4, -0.2) is 65.1 Å². The average molecular weight is 355 g/mol. The van der Waals surface area contributed by atoms with Crippen molar-refractivity contribution in [3.8, 4) is 5.69 Å². The topological polar surface area (TPSA) is 70.5 Å². The smallest absolute Gasteiger partial charge is 0.225 e. The number of amides is 2. The van der Waals surface area contributed by atoms with Crippen molar-refractivity contribution in [3.63, 3.8) is 0 Å². The van der Waals surface area contributed by atoms with Crippen LogP contribution in [0.25, 0.3) is 5.69 Å². The Labute approximate surface area is 153 Å². The molecule has 0 bridgehead atoms. The van der Waals surface area contributed by atoms with Crippen LogP contribution >= 0.6 is 0 Å². The van der Waals surface area contributed by atoms with Crippen LogP contribution in [0.4, 0.5) is 0 Å². The van der Waals surface area contributed by atoms with E-state index in [2.05, 4.69) is 10.4 Å². The lowest BCUT2D eigenvalue weighted by atomic mass is 10.1. The molecule has 1 saturated heterocycles. The van der Waals surface area contributed by atoms with E-state index in [4.69, 9.17) is 0 Å². The molecule has 7 heteroatoms. The van der Waals surface area contributed by atoms with Gasteiger partial charge in [0, 0.05) is 45.0 Å². The lowest BCUT2D eigenvalue weighted by Crippen LogP contribution is -2.35. The Morgan fingerprint density at radius 2 is 2.19 bits per heavy atom. The molecular formula is C19H25N5O2. The fourth-order valence-electron chi connectivity index (χ4n) is 3.05. The lowest BCUT2D eigenvalue weighted by Gasteiger charge is -2.19. The van der Waals surface area contributed by atoms with E-state index in [9.17, 15) is 9.59 Å². The molecule has 0 spiro atoms. The van der Waals surface area contributed by atoms with Crippen LogP contribution in [0.1, 0.15) is 12.0 Å². The first-order valence-electron chi connectivity index (χ1n) is 8.82. The summed E-state index contributed by atoms with van der Waals surface area (Å²) >= 11 is 0. The Morgan fingerprint density at radius 1 is 1.35 bits per heavy atom. The van der Waals surface area contributed by atoms with Gasteiger partial charge in [-0.2, -0.15) is 5.10 Å². The number of nitrogens with zero attached hydrogens (tertiary/aromatic N) is 4. The van der Waals surface area contributed by atoms with Crippen molar-refractivity contribution in [2.75, 3.05) is 33.7 Å². The molecule has 1 aliphatic rings. The number of rotatable bonds is 7. The predicted molar refractivity (Wildman–Crippen MR) is 98.7 cm³/mol. The van der Waals surface area contributed by atoms with E-state index in [1.807, 2.05) is 55.5 Å². The van der Waals surface area contributed by atoms with E-state index in [0.717, 1.165) is 17.8 Å². The summed E-state index contributed by atoms with van der Waals surface area (Å²) < 4.78 is 1.78. The van der Waals surface area contributed by atoms with Crippen molar-refractivity contribution >= 4 is 11.8 Å². The Kier molecular flexibility index (Phi) is 5.68. The molecule has 0 saturated carbocycles. The van der Waals surface area contributed by atoms with Crippen molar-refractivity contribution < 1.29 is 9.59 Å². The molecule has 2 heterocycles. The normalized spacial score (nSPS) is 17.1. The minimum absolute atomic E-state index is 0.0600. The van der Waals surface area contributed by atoms with Gasteiger partial charge in [0.05, 0.1) is 11.6 Å². The van der Waals surface area contributed by atoms with Gasteiger partial charge in [0.15, 0.2) is 0 Å².